The molecular weight excluding hydrogens is 234 g/mol. The van der Waals surface area contributed by atoms with Crippen molar-refractivity contribution in [1.82, 2.24) is 0 Å². The van der Waals surface area contributed by atoms with Crippen molar-refractivity contribution in [2.75, 3.05) is 0 Å². The summed E-state index contributed by atoms with van der Waals surface area (Å²) < 4.78 is 0. The molecule has 5 heteroatoms. The van der Waals surface area contributed by atoms with Gasteiger partial charge < -0.3 is 10.0 Å². The summed E-state index contributed by atoms with van der Waals surface area (Å²) in [5, 5.41) is 20.5. The maximum atomic E-state index is 9.24. The first-order chi connectivity index (χ1) is 7.11. The van der Waals surface area contributed by atoms with E-state index in [9.17, 15) is 10.0 Å². The van der Waals surface area contributed by atoms with Gasteiger partial charge >= 0.3 is 7.12 Å². The lowest BCUT2D eigenvalue weighted by atomic mass is 9.77. The van der Waals surface area contributed by atoms with E-state index in [1.54, 1.807) is 18.2 Å². The fourth-order valence-electron chi connectivity index (χ4n) is 1.57. The van der Waals surface area contributed by atoms with Crippen molar-refractivity contribution in [3.05, 3.63) is 40.4 Å². The molecule has 0 bridgehead atoms. The van der Waals surface area contributed by atoms with Crippen LogP contribution in [-0.2, 0) is 0 Å². The first kappa shape index (κ1) is 10.8. The Hall–Kier alpha value is -0.735. The fraction of sp³-hybridized carbons (Fsp3) is 0. The Labute approximate surface area is 97.2 Å². The third kappa shape index (κ3) is 1.84. The summed E-state index contributed by atoms with van der Waals surface area (Å²) in [5.74, 6) is 0. The number of halogens is 2. The minimum Gasteiger partial charge on any atom is -0.423 e. The van der Waals surface area contributed by atoms with E-state index in [-0.39, 0.29) is 10.5 Å². The van der Waals surface area contributed by atoms with Gasteiger partial charge in [0.25, 0.3) is 0 Å². The predicted octanol–water partition coefficient (Wildman–Crippen LogP) is 1.83. The number of rotatable bonds is 1. The van der Waals surface area contributed by atoms with Crippen molar-refractivity contribution in [2.45, 2.75) is 0 Å². The molecule has 0 amide bonds. The summed E-state index contributed by atoms with van der Waals surface area (Å²) >= 11 is 11.8. The first-order valence-electron chi connectivity index (χ1n) is 4.34. The van der Waals surface area contributed by atoms with Crippen LogP contribution in [0.5, 0.6) is 0 Å². The topological polar surface area (TPSA) is 40.5 Å². The normalized spacial score (nSPS) is 10.7. The Morgan fingerprint density at radius 2 is 1.73 bits per heavy atom. The lowest BCUT2D eigenvalue weighted by molar-refractivity contribution is 0.426. The minimum atomic E-state index is -1.62. The van der Waals surface area contributed by atoms with Gasteiger partial charge in [-0.25, -0.2) is 0 Å². The molecule has 0 heterocycles. The summed E-state index contributed by atoms with van der Waals surface area (Å²) in [7, 11) is -1.62. The highest BCUT2D eigenvalue weighted by Crippen LogP contribution is 2.26. The molecule has 2 aromatic rings. The molecule has 2 N–H and O–H groups in total. The first-order valence-corrected chi connectivity index (χ1v) is 5.09. The Bertz CT molecular complexity index is 514. The van der Waals surface area contributed by atoms with E-state index >= 15 is 0 Å². The standard InChI is InChI=1S/C10H7BCl2O2/c12-8-5-6-3-1-2-4-7(6)9(10(8)13)11(14)15/h1-5,14-15H. The highest BCUT2D eigenvalue weighted by atomic mass is 35.5. The Kier molecular flexibility index (Phi) is 2.89. The van der Waals surface area contributed by atoms with Gasteiger partial charge in [0.05, 0.1) is 10.0 Å². The zero-order valence-corrected chi connectivity index (χ0v) is 9.13. The van der Waals surface area contributed by atoms with Crippen molar-refractivity contribution in [1.29, 1.82) is 0 Å². The van der Waals surface area contributed by atoms with E-state index in [0.29, 0.717) is 10.4 Å². The van der Waals surface area contributed by atoms with Gasteiger partial charge in [-0.1, -0.05) is 47.5 Å². The SMILES string of the molecule is OB(O)c1c(Cl)c(Cl)cc2ccccc12. The highest BCUT2D eigenvalue weighted by molar-refractivity contribution is 6.67. The van der Waals surface area contributed by atoms with Gasteiger partial charge in [-0.05, 0) is 16.8 Å². The molecule has 0 saturated heterocycles. The summed E-state index contributed by atoms with van der Waals surface area (Å²) in [6.07, 6.45) is 0. The van der Waals surface area contributed by atoms with Crippen molar-refractivity contribution in [3.8, 4) is 0 Å². The Balaban J connectivity index is 2.89. The zero-order valence-electron chi connectivity index (χ0n) is 7.61. The van der Waals surface area contributed by atoms with Crippen LogP contribution >= 0.6 is 23.2 Å². The molecule has 0 atom stereocenters. The molecule has 0 fully saturated rings. The Morgan fingerprint density at radius 3 is 2.40 bits per heavy atom. The molecule has 0 aliphatic carbocycles. The molecule has 15 heavy (non-hydrogen) atoms. The number of hydrogen-bond donors (Lipinski definition) is 2. The van der Waals surface area contributed by atoms with Crippen molar-refractivity contribution >= 4 is 46.6 Å². The molecule has 0 radical (unpaired) electrons. The van der Waals surface area contributed by atoms with Crippen molar-refractivity contribution in [3.63, 3.8) is 0 Å². The average Bonchev–Trinajstić information content (AvgIpc) is 2.19. The third-order valence-corrected chi connectivity index (χ3v) is 3.04. The van der Waals surface area contributed by atoms with E-state index in [0.717, 1.165) is 5.39 Å². The van der Waals surface area contributed by atoms with Crippen LogP contribution in [-0.4, -0.2) is 17.2 Å². The molecule has 0 aromatic heterocycles. The van der Waals surface area contributed by atoms with Gasteiger partial charge in [0.1, 0.15) is 0 Å². The predicted molar refractivity (Wildman–Crippen MR) is 63.8 cm³/mol. The lowest BCUT2D eigenvalue weighted by Gasteiger charge is -2.09. The van der Waals surface area contributed by atoms with E-state index in [2.05, 4.69) is 0 Å². The van der Waals surface area contributed by atoms with Gasteiger partial charge in [-0.3, -0.25) is 0 Å². The molecule has 0 unspecified atom stereocenters. The summed E-state index contributed by atoms with van der Waals surface area (Å²) in [4.78, 5) is 0. The summed E-state index contributed by atoms with van der Waals surface area (Å²) in [6.45, 7) is 0. The van der Waals surface area contributed by atoms with Crippen LogP contribution in [0.15, 0.2) is 30.3 Å². The molecule has 76 valence electrons. The number of benzene rings is 2. The van der Waals surface area contributed by atoms with Crippen LogP contribution in [0.4, 0.5) is 0 Å². The minimum absolute atomic E-state index is 0.186. The van der Waals surface area contributed by atoms with Crippen molar-refractivity contribution < 1.29 is 10.0 Å². The van der Waals surface area contributed by atoms with Crippen LogP contribution < -0.4 is 5.46 Å². The summed E-state index contributed by atoms with van der Waals surface area (Å²) in [5.41, 5.74) is 0.250. The zero-order chi connectivity index (χ0) is 11.0. The largest absolute Gasteiger partial charge is 0.490 e. The van der Waals surface area contributed by atoms with E-state index in [1.165, 1.54) is 0 Å². The van der Waals surface area contributed by atoms with Crippen LogP contribution in [0, 0.1) is 0 Å². The lowest BCUT2D eigenvalue weighted by Crippen LogP contribution is -2.31. The fourth-order valence-corrected chi connectivity index (χ4v) is 2.04. The monoisotopic (exact) mass is 240 g/mol. The van der Waals surface area contributed by atoms with Crippen LogP contribution in [0.25, 0.3) is 10.8 Å². The Morgan fingerprint density at radius 1 is 1.07 bits per heavy atom. The van der Waals surface area contributed by atoms with Gasteiger partial charge in [0.15, 0.2) is 0 Å². The molecule has 0 saturated carbocycles. The van der Waals surface area contributed by atoms with E-state index in [1.807, 2.05) is 12.1 Å². The van der Waals surface area contributed by atoms with E-state index in [4.69, 9.17) is 23.2 Å². The molecule has 0 spiro atoms. The van der Waals surface area contributed by atoms with Crippen LogP contribution in [0.2, 0.25) is 10.0 Å². The highest BCUT2D eigenvalue weighted by Gasteiger charge is 2.20. The number of fused-ring (bicyclic) bond motifs is 1. The van der Waals surface area contributed by atoms with Crippen LogP contribution in [0.1, 0.15) is 0 Å². The third-order valence-electron chi connectivity index (χ3n) is 2.24. The molecule has 2 rings (SSSR count). The van der Waals surface area contributed by atoms with Crippen molar-refractivity contribution in [2.24, 2.45) is 0 Å². The molecule has 0 aliphatic heterocycles. The maximum absolute atomic E-state index is 9.24. The van der Waals surface area contributed by atoms with Gasteiger partial charge in [0.2, 0.25) is 0 Å². The molecular formula is C10H7BCl2O2. The quantitative estimate of drug-likeness (QED) is 0.747. The second-order valence-corrected chi connectivity index (χ2v) is 3.97. The second-order valence-electron chi connectivity index (χ2n) is 3.18. The smallest absolute Gasteiger partial charge is 0.423 e. The van der Waals surface area contributed by atoms with Crippen LogP contribution in [0.3, 0.4) is 0 Å². The van der Waals surface area contributed by atoms with Gasteiger partial charge in [-0.15, -0.1) is 0 Å². The molecule has 2 nitrogen and oxygen atoms in total. The van der Waals surface area contributed by atoms with Gasteiger partial charge in [0, 0.05) is 5.46 Å². The molecule has 0 aliphatic rings. The van der Waals surface area contributed by atoms with E-state index < -0.39 is 7.12 Å². The number of hydrogen-bond acceptors (Lipinski definition) is 2. The average molecular weight is 241 g/mol. The second kappa shape index (κ2) is 4.03. The maximum Gasteiger partial charge on any atom is 0.490 e. The van der Waals surface area contributed by atoms with Gasteiger partial charge in [-0.2, -0.15) is 0 Å². The summed E-state index contributed by atoms with van der Waals surface area (Å²) in [6, 6.07) is 8.96. The molecule has 2 aromatic carbocycles.